The van der Waals surface area contributed by atoms with Crippen LogP contribution < -0.4 is 0 Å². The van der Waals surface area contributed by atoms with Crippen molar-refractivity contribution < 1.29 is 53.3 Å². The molecule has 0 amide bonds. The van der Waals surface area contributed by atoms with Crippen molar-refractivity contribution in [3.8, 4) is 0 Å². The Morgan fingerprint density at radius 3 is 2.60 bits per heavy atom. The number of carbonyl (C=O) groups is 2. The number of ether oxygens (including phenoxy) is 6. The third-order valence-corrected chi connectivity index (χ3v) is 10.7. The number of hydrogen-bond acceptors (Lipinski definition) is 11. The third kappa shape index (κ3) is 4.04. The summed E-state index contributed by atoms with van der Waals surface area (Å²) in [6.07, 6.45) is 3.26. The molecule has 40 heavy (non-hydrogen) atoms. The molecule has 2 spiro atoms. The number of esters is 2. The van der Waals surface area contributed by atoms with Crippen LogP contribution in [0.3, 0.4) is 0 Å². The zero-order chi connectivity index (χ0) is 28.5. The van der Waals surface area contributed by atoms with Crippen LogP contribution in [0, 0.1) is 16.7 Å². The van der Waals surface area contributed by atoms with Gasteiger partial charge in [0.1, 0.15) is 36.1 Å². The number of fused-ring (bicyclic) bond motifs is 2. The number of rotatable bonds is 2. The number of carbonyl (C=O) groups excluding carboxylic acids is 2. The summed E-state index contributed by atoms with van der Waals surface area (Å²) in [7, 11) is 0. The molecule has 5 fully saturated rings. The van der Waals surface area contributed by atoms with E-state index in [9.17, 15) is 24.9 Å². The highest BCUT2D eigenvalue weighted by Gasteiger charge is 2.87. The summed E-state index contributed by atoms with van der Waals surface area (Å²) in [5.74, 6) is -1.75. The van der Waals surface area contributed by atoms with E-state index < -0.39 is 70.4 Å². The third-order valence-electron chi connectivity index (χ3n) is 10.7. The van der Waals surface area contributed by atoms with Gasteiger partial charge >= 0.3 is 11.9 Å². The first-order valence-corrected chi connectivity index (χ1v) is 14.3. The fourth-order valence-electron chi connectivity index (χ4n) is 7.84. The van der Waals surface area contributed by atoms with Crippen molar-refractivity contribution in [2.45, 2.75) is 100 Å². The largest absolute Gasteiger partial charge is 0.463 e. The smallest absolute Gasteiger partial charge is 0.335 e. The van der Waals surface area contributed by atoms with Crippen LogP contribution in [-0.4, -0.2) is 108 Å². The second kappa shape index (κ2) is 9.86. The van der Waals surface area contributed by atoms with Crippen LogP contribution in [0.25, 0.3) is 0 Å². The first-order chi connectivity index (χ1) is 19.0. The minimum absolute atomic E-state index is 0.0802. The lowest BCUT2D eigenvalue weighted by Gasteiger charge is -2.58. The Morgan fingerprint density at radius 2 is 1.90 bits per heavy atom. The maximum Gasteiger partial charge on any atom is 0.335 e. The lowest BCUT2D eigenvalue weighted by molar-refractivity contribution is -0.253. The lowest BCUT2D eigenvalue weighted by Crippen LogP contribution is -2.69. The quantitative estimate of drug-likeness (QED) is 0.318. The van der Waals surface area contributed by atoms with Gasteiger partial charge < -0.3 is 43.7 Å². The number of aliphatic hydroxyl groups excluding tert-OH is 3. The zero-order valence-electron chi connectivity index (χ0n) is 23.2. The molecule has 0 aromatic rings. The van der Waals surface area contributed by atoms with E-state index in [1.54, 1.807) is 32.1 Å². The average Bonchev–Trinajstić information content (AvgIpc) is 3.84. The van der Waals surface area contributed by atoms with Gasteiger partial charge in [-0.3, -0.25) is 0 Å². The molecule has 12 atom stereocenters. The summed E-state index contributed by atoms with van der Waals surface area (Å²) in [5.41, 5.74) is -3.01. The molecule has 12 unspecified atom stereocenters. The van der Waals surface area contributed by atoms with Gasteiger partial charge in [0.15, 0.2) is 6.10 Å². The maximum atomic E-state index is 13.2. The molecule has 6 aliphatic rings. The van der Waals surface area contributed by atoms with Gasteiger partial charge in [0.25, 0.3) is 0 Å². The molecular formula is C29H40O11. The Labute approximate surface area is 233 Å². The normalized spacial score (nSPS) is 51.9. The average molecular weight is 565 g/mol. The SMILES string of the molecule is CC(O)C1C=C/C=C/C(=O)OC2CC3OC4C5OC5(CO)CCC4(COC(=O)C(O)C(C)CCO1)C2(C)C31CO1. The first-order valence-electron chi connectivity index (χ1n) is 14.3. The van der Waals surface area contributed by atoms with Crippen molar-refractivity contribution in [3.63, 3.8) is 0 Å². The van der Waals surface area contributed by atoms with Gasteiger partial charge in [-0.2, -0.15) is 0 Å². The second-order valence-corrected chi connectivity index (χ2v) is 12.6. The predicted molar refractivity (Wildman–Crippen MR) is 137 cm³/mol. The van der Waals surface area contributed by atoms with E-state index in [0.29, 0.717) is 32.3 Å². The summed E-state index contributed by atoms with van der Waals surface area (Å²) < 4.78 is 36.5. The lowest BCUT2D eigenvalue weighted by atomic mass is 9.50. The Morgan fingerprint density at radius 1 is 1.12 bits per heavy atom. The van der Waals surface area contributed by atoms with Gasteiger partial charge in [-0.15, -0.1) is 0 Å². The highest BCUT2D eigenvalue weighted by atomic mass is 16.7. The van der Waals surface area contributed by atoms with E-state index in [0.717, 1.165) is 0 Å². The molecule has 3 saturated heterocycles. The Bertz CT molecular complexity index is 1080. The standard InChI is InChI=1S/C29H40O11/c1-16-8-11-35-18(17(2)31)6-4-5-7-21(32)38-19-12-20-29(15-37-29)26(19,3)27(14-36-25(34)22(16)33)9-10-28(13-30)24(40-28)23(27)39-20/h4-7,16-20,22-24,30-31,33H,8-15H2,1-3H3/b6-4?,7-5+. The minimum atomic E-state index is -1.38. The van der Waals surface area contributed by atoms with E-state index >= 15 is 0 Å². The summed E-state index contributed by atoms with van der Waals surface area (Å²) in [6.45, 7) is 5.78. The maximum absolute atomic E-state index is 13.2. The molecule has 2 aliphatic carbocycles. The number of allylic oxidation sites excluding steroid dienone is 2. The van der Waals surface area contributed by atoms with E-state index in [4.69, 9.17) is 28.4 Å². The Kier molecular flexibility index (Phi) is 6.97. The predicted octanol–water partition coefficient (Wildman–Crippen LogP) is 0.577. The van der Waals surface area contributed by atoms with Crippen molar-refractivity contribution in [1.82, 2.24) is 0 Å². The topological polar surface area (TPSA) is 157 Å². The van der Waals surface area contributed by atoms with Gasteiger partial charge in [-0.1, -0.05) is 32.1 Å². The molecule has 3 N–H and O–H groups in total. The molecule has 4 aliphatic heterocycles. The van der Waals surface area contributed by atoms with Crippen molar-refractivity contribution >= 4 is 11.9 Å². The molecule has 0 aromatic carbocycles. The highest BCUT2D eigenvalue weighted by Crippen LogP contribution is 2.75. The molecule has 2 saturated carbocycles. The van der Waals surface area contributed by atoms with Crippen LogP contribution in [0.2, 0.25) is 0 Å². The summed E-state index contributed by atoms with van der Waals surface area (Å²) >= 11 is 0. The molecule has 11 nitrogen and oxygen atoms in total. The van der Waals surface area contributed by atoms with Crippen molar-refractivity contribution in [3.05, 3.63) is 24.3 Å². The van der Waals surface area contributed by atoms with Crippen LogP contribution in [0.15, 0.2) is 24.3 Å². The van der Waals surface area contributed by atoms with Gasteiger partial charge in [0.05, 0.1) is 36.9 Å². The zero-order valence-corrected chi connectivity index (χ0v) is 23.2. The fourth-order valence-corrected chi connectivity index (χ4v) is 7.84. The molecule has 222 valence electrons. The van der Waals surface area contributed by atoms with Crippen molar-refractivity contribution in [2.24, 2.45) is 16.7 Å². The molecule has 6 rings (SSSR count). The van der Waals surface area contributed by atoms with E-state index in [1.165, 1.54) is 6.08 Å². The number of cyclic esters (lactones) is 1. The molecule has 2 bridgehead atoms. The Balaban J connectivity index is 1.36. The van der Waals surface area contributed by atoms with Gasteiger partial charge in [-0.05, 0) is 32.1 Å². The molecule has 4 heterocycles. The highest BCUT2D eigenvalue weighted by molar-refractivity contribution is 5.82. The number of epoxide rings is 2. The number of hydrogen-bond donors (Lipinski definition) is 3. The van der Waals surface area contributed by atoms with Crippen LogP contribution >= 0.6 is 0 Å². The fraction of sp³-hybridized carbons (Fsp3) is 0.793. The van der Waals surface area contributed by atoms with Crippen molar-refractivity contribution in [2.75, 3.05) is 26.4 Å². The minimum Gasteiger partial charge on any atom is -0.463 e. The van der Waals surface area contributed by atoms with E-state index in [-0.39, 0.29) is 32.0 Å². The van der Waals surface area contributed by atoms with Gasteiger partial charge in [0, 0.05) is 24.5 Å². The molecule has 0 aromatic heterocycles. The molecular weight excluding hydrogens is 524 g/mol. The van der Waals surface area contributed by atoms with E-state index in [2.05, 4.69) is 0 Å². The Hall–Kier alpha value is -1.86. The summed E-state index contributed by atoms with van der Waals surface area (Å²) in [6, 6.07) is 0. The van der Waals surface area contributed by atoms with Crippen LogP contribution in [0.5, 0.6) is 0 Å². The second-order valence-electron chi connectivity index (χ2n) is 12.6. The summed E-state index contributed by atoms with van der Waals surface area (Å²) in [5, 5.41) is 31.0. The van der Waals surface area contributed by atoms with Crippen LogP contribution in [0.1, 0.15) is 46.5 Å². The molecule has 11 heteroatoms. The van der Waals surface area contributed by atoms with Crippen LogP contribution in [0.4, 0.5) is 0 Å². The van der Waals surface area contributed by atoms with E-state index in [1.807, 2.05) is 6.92 Å². The first kappa shape index (κ1) is 28.3. The van der Waals surface area contributed by atoms with Gasteiger partial charge in [0.2, 0.25) is 0 Å². The molecule has 0 radical (unpaired) electrons. The van der Waals surface area contributed by atoms with Crippen LogP contribution in [-0.2, 0) is 38.0 Å². The summed E-state index contributed by atoms with van der Waals surface area (Å²) in [4.78, 5) is 26.2. The monoisotopic (exact) mass is 564 g/mol. The van der Waals surface area contributed by atoms with Gasteiger partial charge in [-0.25, -0.2) is 9.59 Å². The number of aliphatic hydroxyl groups is 3. The van der Waals surface area contributed by atoms with Crippen molar-refractivity contribution in [1.29, 1.82) is 0 Å².